The fourth-order valence-corrected chi connectivity index (χ4v) is 1.47. The molecule has 1 saturated heterocycles. The van der Waals surface area contributed by atoms with Gasteiger partial charge in [0.15, 0.2) is 0 Å². The Kier molecular flexibility index (Phi) is 3.21. The number of hydrogen-bond acceptors (Lipinski definition) is 3. The van der Waals surface area contributed by atoms with E-state index in [9.17, 15) is 9.59 Å². The molecule has 5 nitrogen and oxygen atoms in total. The van der Waals surface area contributed by atoms with E-state index in [0.717, 1.165) is 0 Å². The standard InChI is InChI=1S/C10H17NO4/c1-10(2,3)15-8(12)4-7-5-11(6-7)9(13)14/h7H,4-6H2,1-3H3,(H,13,14). The highest BCUT2D eigenvalue weighted by molar-refractivity contribution is 5.71. The number of ether oxygens (including phenoxy) is 1. The second-order valence-electron chi connectivity index (χ2n) is 4.84. The Labute approximate surface area is 89.0 Å². The molecule has 0 aromatic rings. The molecule has 1 fully saturated rings. The van der Waals surface area contributed by atoms with Crippen molar-refractivity contribution in [3.8, 4) is 0 Å². The number of hydrogen-bond donors (Lipinski definition) is 1. The summed E-state index contributed by atoms with van der Waals surface area (Å²) in [4.78, 5) is 23.1. The molecule has 1 amide bonds. The van der Waals surface area contributed by atoms with Crippen LogP contribution in [-0.2, 0) is 9.53 Å². The minimum Gasteiger partial charge on any atom is -0.465 e. The van der Waals surface area contributed by atoms with Crippen molar-refractivity contribution >= 4 is 12.1 Å². The molecule has 0 unspecified atom stereocenters. The quantitative estimate of drug-likeness (QED) is 0.705. The van der Waals surface area contributed by atoms with Crippen LogP contribution in [0.3, 0.4) is 0 Å². The van der Waals surface area contributed by atoms with Crippen molar-refractivity contribution in [3.63, 3.8) is 0 Å². The number of rotatable bonds is 2. The van der Waals surface area contributed by atoms with Crippen LogP contribution in [0.5, 0.6) is 0 Å². The van der Waals surface area contributed by atoms with Crippen LogP contribution in [0, 0.1) is 5.92 Å². The fraction of sp³-hybridized carbons (Fsp3) is 0.800. The van der Waals surface area contributed by atoms with E-state index in [2.05, 4.69) is 0 Å². The summed E-state index contributed by atoms with van der Waals surface area (Å²) in [5, 5.41) is 8.58. The topological polar surface area (TPSA) is 66.8 Å². The summed E-state index contributed by atoms with van der Waals surface area (Å²) in [6.07, 6.45) is -0.614. The van der Waals surface area contributed by atoms with Crippen LogP contribution < -0.4 is 0 Å². The van der Waals surface area contributed by atoms with Crippen molar-refractivity contribution in [3.05, 3.63) is 0 Å². The lowest BCUT2D eigenvalue weighted by molar-refractivity contribution is -0.157. The molecule has 0 atom stereocenters. The van der Waals surface area contributed by atoms with Gasteiger partial charge in [0, 0.05) is 19.0 Å². The van der Waals surface area contributed by atoms with Crippen LogP contribution in [0.1, 0.15) is 27.2 Å². The molecule has 15 heavy (non-hydrogen) atoms. The van der Waals surface area contributed by atoms with Crippen LogP contribution in [-0.4, -0.2) is 40.8 Å². The van der Waals surface area contributed by atoms with E-state index in [4.69, 9.17) is 9.84 Å². The first-order valence-corrected chi connectivity index (χ1v) is 4.97. The van der Waals surface area contributed by atoms with Gasteiger partial charge in [0.1, 0.15) is 5.60 Å². The number of carbonyl (C=O) groups excluding carboxylic acids is 1. The second-order valence-corrected chi connectivity index (χ2v) is 4.84. The molecular weight excluding hydrogens is 198 g/mol. The summed E-state index contributed by atoms with van der Waals surface area (Å²) < 4.78 is 5.13. The summed E-state index contributed by atoms with van der Waals surface area (Å²) in [6, 6.07) is 0. The van der Waals surface area contributed by atoms with Gasteiger partial charge >= 0.3 is 12.1 Å². The minimum atomic E-state index is -0.921. The fourth-order valence-electron chi connectivity index (χ4n) is 1.47. The Bertz CT molecular complexity index is 263. The van der Waals surface area contributed by atoms with Gasteiger partial charge in [-0.15, -0.1) is 0 Å². The lowest BCUT2D eigenvalue weighted by atomic mass is 9.97. The Balaban J connectivity index is 2.22. The van der Waals surface area contributed by atoms with E-state index in [1.165, 1.54) is 4.90 Å². The van der Waals surface area contributed by atoms with Crippen molar-refractivity contribution in [2.75, 3.05) is 13.1 Å². The molecule has 1 rings (SSSR count). The largest absolute Gasteiger partial charge is 0.465 e. The maximum Gasteiger partial charge on any atom is 0.407 e. The lowest BCUT2D eigenvalue weighted by Gasteiger charge is -2.36. The molecule has 1 heterocycles. The zero-order valence-corrected chi connectivity index (χ0v) is 9.32. The molecule has 1 aliphatic heterocycles. The molecule has 0 aliphatic carbocycles. The van der Waals surface area contributed by atoms with Gasteiger partial charge in [-0.05, 0) is 20.8 Å². The maximum absolute atomic E-state index is 11.4. The number of esters is 1. The highest BCUT2D eigenvalue weighted by atomic mass is 16.6. The van der Waals surface area contributed by atoms with Gasteiger partial charge < -0.3 is 14.7 Å². The molecule has 5 heteroatoms. The van der Waals surface area contributed by atoms with E-state index < -0.39 is 11.7 Å². The third-order valence-electron chi connectivity index (χ3n) is 2.10. The van der Waals surface area contributed by atoms with Gasteiger partial charge in [-0.2, -0.15) is 0 Å². The average molecular weight is 215 g/mol. The van der Waals surface area contributed by atoms with Gasteiger partial charge in [-0.1, -0.05) is 0 Å². The number of carboxylic acid groups (broad SMARTS) is 1. The van der Waals surface area contributed by atoms with E-state index in [1.807, 2.05) is 20.8 Å². The molecule has 0 radical (unpaired) electrons. The summed E-state index contributed by atoms with van der Waals surface area (Å²) in [5.74, 6) is -0.131. The first kappa shape index (κ1) is 11.8. The molecule has 0 saturated carbocycles. The third-order valence-corrected chi connectivity index (χ3v) is 2.10. The van der Waals surface area contributed by atoms with Crippen molar-refractivity contribution in [1.29, 1.82) is 0 Å². The molecule has 0 aromatic carbocycles. The van der Waals surface area contributed by atoms with Crippen LogP contribution >= 0.6 is 0 Å². The third kappa shape index (κ3) is 3.77. The molecule has 1 aliphatic rings. The van der Waals surface area contributed by atoms with Gasteiger partial charge in [-0.25, -0.2) is 4.79 Å². The monoisotopic (exact) mass is 215 g/mol. The van der Waals surface area contributed by atoms with Gasteiger partial charge in [-0.3, -0.25) is 4.79 Å². The summed E-state index contributed by atoms with van der Waals surface area (Å²) in [6.45, 7) is 6.32. The SMILES string of the molecule is CC(C)(C)OC(=O)CC1CN(C(=O)O)C1. The predicted octanol–water partition coefficient (Wildman–Crippen LogP) is 1.33. The molecule has 0 aromatic heterocycles. The number of carbonyl (C=O) groups is 2. The van der Waals surface area contributed by atoms with Gasteiger partial charge in [0.05, 0.1) is 6.42 Å². The van der Waals surface area contributed by atoms with E-state index in [0.29, 0.717) is 19.5 Å². The summed E-state index contributed by atoms with van der Waals surface area (Å²) >= 11 is 0. The number of nitrogens with zero attached hydrogens (tertiary/aromatic N) is 1. The van der Waals surface area contributed by atoms with Crippen LogP contribution in [0.2, 0.25) is 0 Å². The van der Waals surface area contributed by atoms with Crippen LogP contribution in [0.4, 0.5) is 4.79 Å². The summed E-state index contributed by atoms with van der Waals surface area (Å²) in [5.41, 5.74) is -0.465. The molecule has 86 valence electrons. The second kappa shape index (κ2) is 4.08. The zero-order chi connectivity index (χ0) is 11.6. The Morgan fingerprint density at radius 1 is 1.40 bits per heavy atom. The summed E-state index contributed by atoms with van der Waals surface area (Å²) in [7, 11) is 0. The van der Waals surface area contributed by atoms with Crippen molar-refractivity contribution in [1.82, 2.24) is 4.90 Å². The number of likely N-dealkylation sites (tertiary alicyclic amines) is 1. The van der Waals surface area contributed by atoms with Gasteiger partial charge in [0.25, 0.3) is 0 Å². The van der Waals surface area contributed by atoms with Crippen molar-refractivity contribution in [2.45, 2.75) is 32.8 Å². The first-order chi connectivity index (χ1) is 6.78. The molecule has 0 spiro atoms. The molecular formula is C10H17NO4. The maximum atomic E-state index is 11.4. The minimum absolute atomic E-state index is 0.121. The van der Waals surface area contributed by atoms with E-state index in [1.54, 1.807) is 0 Å². The van der Waals surface area contributed by atoms with Crippen LogP contribution in [0.25, 0.3) is 0 Å². The lowest BCUT2D eigenvalue weighted by Crippen LogP contribution is -2.50. The Morgan fingerprint density at radius 2 is 1.93 bits per heavy atom. The molecule has 1 N–H and O–H groups in total. The first-order valence-electron chi connectivity index (χ1n) is 4.97. The Morgan fingerprint density at radius 3 is 2.33 bits per heavy atom. The average Bonchev–Trinajstić information content (AvgIpc) is 1.91. The molecule has 0 bridgehead atoms. The zero-order valence-electron chi connectivity index (χ0n) is 9.32. The van der Waals surface area contributed by atoms with Crippen molar-refractivity contribution in [2.24, 2.45) is 5.92 Å². The van der Waals surface area contributed by atoms with E-state index >= 15 is 0 Å². The highest BCUT2D eigenvalue weighted by Crippen LogP contribution is 2.20. The predicted molar refractivity (Wildman–Crippen MR) is 53.5 cm³/mol. The highest BCUT2D eigenvalue weighted by Gasteiger charge is 2.33. The van der Waals surface area contributed by atoms with E-state index in [-0.39, 0.29) is 11.9 Å². The number of amides is 1. The van der Waals surface area contributed by atoms with Crippen molar-refractivity contribution < 1.29 is 19.4 Å². The smallest absolute Gasteiger partial charge is 0.407 e. The normalized spacial score (nSPS) is 17.1. The van der Waals surface area contributed by atoms with Crippen LogP contribution in [0.15, 0.2) is 0 Å². The Hall–Kier alpha value is -1.26. The van der Waals surface area contributed by atoms with Gasteiger partial charge in [0.2, 0.25) is 0 Å².